The van der Waals surface area contributed by atoms with Crippen molar-refractivity contribution in [1.29, 1.82) is 0 Å². The fraction of sp³-hybridized carbons (Fsp3) is 0.333. The van der Waals surface area contributed by atoms with Gasteiger partial charge in [0.25, 0.3) is 0 Å². The summed E-state index contributed by atoms with van der Waals surface area (Å²) in [5.41, 5.74) is 2.00. The number of hydrogen-bond acceptors (Lipinski definition) is 4. The lowest BCUT2D eigenvalue weighted by Crippen LogP contribution is -2.49. The molecule has 0 radical (unpaired) electrons. The van der Waals surface area contributed by atoms with Crippen molar-refractivity contribution < 1.29 is 9.53 Å². The molecule has 0 atom stereocenters. The average Bonchev–Trinajstić information content (AvgIpc) is 2.63. The normalized spacial score (nSPS) is 14.7. The van der Waals surface area contributed by atoms with Crippen molar-refractivity contribution in [2.24, 2.45) is 0 Å². The van der Waals surface area contributed by atoms with Crippen LogP contribution in [0.4, 0.5) is 5.69 Å². The molecule has 1 amide bonds. The topological polar surface area (TPSA) is 45.7 Å². The Morgan fingerprint density at radius 1 is 1.09 bits per heavy atom. The lowest BCUT2D eigenvalue weighted by Gasteiger charge is -2.36. The van der Waals surface area contributed by atoms with Gasteiger partial charge < -0.3 is 14.5 Å². The fourth-order valence-corrected chi connectivity index (χ4v) is 2.78. The first-order valence-corrected chi connectivity index (χ1v) is 7.83. The maximum Gasteiger partial charge on any atom is 0.228 e. The van der Waals surface area contributed by atoms with Crippen molar-refractivity contribution in [3.63, 3.8) is 0 Å². The van der Waals surface area contributed by atoms with Gasteiger partial charge in [0, 0.05) is 43.8 Å². The molecule has 120 valence electrons. The molecule has 1 fully saturated rings. The number of hydrogen-bond donors (Lipinski definition) is 0. The zero-order valence-electron chi connectivity index (χ0n) is 13.3. The van der Waals surface area contributed by atoms with Gasteiger partial charge in [-0.25, -0.2) is 0 Å². The van der Waals surface area contributed by atoms with Gasteiger partial charge in [-0.1, -0.05) is 6.07 Å². The highest BCUT2D eigenvalue weighted by Crippen LogP contribution is 2.20. The quantitative estimate of drug-likeness (QED) is 0.866. The SMILES string of the molecule is COc1ccc(N2CCN(C(=O)Cc3ccccn3)CC2)cc1. The molecule has 1 aliphatic heterocycles. The van der Waals surface area contributed by atoms with E-state index in [1.165, 1.54) is 5.69 Å². The first-order chi connectivity index (χ1) is 11.3. The smallest absolute Gasteiger partial charge is 0.228 e. The summed E-state index contributed by atoms with van der Waals surface area (Å²) < 4.78 is 5.18. The first-order valence-electron chi connectivity index (χ1n) is 7.83. The second-order valence-corrected chi connectivity index (χ2v) is 5.56. The summed E-state index contributed by atoms with van der Waals surface area (Å²) in [5, 5.41) is 0. The third kappa shape index (κ3) is 3.80. The Labute approximate surface area is 136 Å². The third-order valence-electron chi connectivity index (χ3n) is 4.13. The highest BCUT2D eigenvalue weighted by molar-refractivity contribution is 5.78. The Balaban J connectivity index is 1.54. The standard InChI is InChI=1S/C18H21N3O2/c1-23-17-7-5-16(6-8-17)20-10-12-21(13-11-20)18(22)14-15-4-2-3-9-19-15/h2-9H,10-14H2,1H3. The summed E-state index contributed by atoms with van der Waals surface area (Å²) >= 11 is 0. The number of rotatable bonds is 4. The van der Waals surface area contributed by atoms with Crippen molar-refractivity contribution in [2.45, 2.75) is 6.42 Å². The first kappa shape index (κ1) is 15.3. The molecule has 0 N–H and O–H groups in total. The van der Waals surface area contributed by atoms with E-state index in [4.69, 9.17) is 4.74 Å². The van der Waals surface area contributed by atoms with E-state index >= 15 is 0 Å². The van der Waals surface area contributed by atoms with Crippen molar-refractivity contribution in [1.82, 2.24) is 9.88 Å². The minimum absolute atomic E-state index is 0.151. The summed E-state index contributed by atoms with van der Waals surface area (Å²) in [6, 6.07) is 13.7. The maximum atomic E-state index is 12.3. The van der Waals surface area contributed by atoms with Crippen LogP contribution in [0.25, 0.3) is 0 Å². The lowest BCUT2D eigenvalue weighted by atomic mass is 10.2. The highest BCUT2D eigenvalue weighted by atomic mass is 16.5. The van der Waals surface area contributed by atoms with Gasteiger partial charge in [-0.3, -0.25) is 9.78 Å². The van der Waals surface area contributed by atoms with Gasteiger partial charge in [0.2, 0.25) is 5.91 Å². The lowest BCUT2D eigenvalue weighted by molar-refractivity contribution is -0.130. The Hall–Kier alpha value is -2.56. The Morgan fingerprint density at radius 3 is 2.43 bits per heavy atom. The second kappa shape index (κ2) is 7.13. The molecule has 0 unspecified atom stereocenters. The number of pyridine rings is 1. The van der Waals surface area contributed by atoms with Crippen LogP contribution in [-0.4, -0.2) is 49.1 Å². The molecular weight excluding hydrogens is 290 g/mol. The van der Waals surface area contributed by atoms with Gasteiger partial charge in [-0.05, 0) is 36.4 Å². The fourth-order valence-electron chi connectivity index (χ4n) is 2.78. The monoisotopic (exact) mass is 311 g/mol. The van der Waals surface area contributed by atoms with E-state index in [9.17, 15) is 4.79 Å². The Morgan fingerprint density at radius 2 is 1.83 bits per heavy atom. The number of amides is 1. The second-order valence-electron chi connectivity index (χ2n) is 5.56. The molecule has 5 nitrogen and oxygen atoms in total. The van der Waals surface area contributed by atoms with Crippen LogP contribution in [0.2, 0.25) is 0 Å². The summed E-state index contributed by atoms with van der Waals surface area (Å²) in [4.78, 5) is 20.8. The number of benzene rings is 1. The molecule has 2 aromatic rings. The maximum absolute atomic E-state index is 12.3. The predicted octanol–water partition coefficient (Wildman–Crippen LogP) is 1.98. The van der Waals surface area contributed by atoms with Crippen LogP contribution in [0.15, 0.2) is 48.7 Å². The summed E-state index contributed by atoms with van der Waals surface area (Å²) in [6.07, 6.45) is 2.10. The van der Waals surface area contributed by atoms with Crippen molar-refractivity contribution >= 4 is 11.6 Å². The molecule has 5 heteroatoms. The molecule has 23 heavy (non-hydrogen) atoms. The Bertz CT molecular complexity index is 635. The molecule has 0 aliphatic carbocycles. The zero-order valence-corrected chi connectivity index (χ0v) is 13.3. The van der Waals surface area contributed by atoms with E-state index in [0.717, 1.165) is 37.6 Å². The van der Waals surface area contributed by atoms with Crippen LogP contribution < -0.4 is 9.64 Å². The van der Waals surface area contributed by atoms with E-state index in [1.54, 1.807) is 13.3 Å². The molecule has 1 aliphatic rings. The van der Waals surface area contributed by atoms with Crippen LogP contribution >= 0.6 is 0 Å². The minimum Gasteiger partial charge on any atom is -0.497 e. The van der Waals surface area contributed by atoms with Gasteiger partial charge in [0.05, 0.1) is 13.5 Å². The van der Waals surface area contributed by atoms with Crippen LogP contribution in [0.5, 0.6) is 5.75 Å². The zero-order chi connectivity index (χ0) is 16.1. The van der Waals surface area contributed by atoms with Gasteiger partial charge >= 0.3 is 0 Å². The molecule has 0 saturated carbocycles. The van der Waals surface area contributed by atoms with Gasteiger partial charge in [0.15, 0.2) is 0 Å². The van der Waals surface area contributed by atoms with Crippen LogP contribution in [0, 0.1) is 0 Å². The third-order valence-corrected chi connectivity index (χ3v) is 4.13. The van der Waals surface area contributed by atoms with Crippen molar-refractivity contribution in [2.75, 3.05) is 38.2 Å². The number of ether oxygens (including phenoxy) is 1. The molecule has 1 saturated heterocycles. The molecule has 1 aromatic carbocycles. The minimum atomic E-state index is 0.151. The van der Waals surface area contributed by atoms with E-state index in [2.05, 4.69) is 22.0 Å². The number of nitrogens with zero attached hydrogens (tertiary/aromatic N) is 3. The number of anilines is 1. The van der Waals surface area contributed by atoms with Crippen molar-refractivity contribution in [3.8, 4) is 5.75 Å². The number of carbonyl (C=O) groups is 1. The van der Waals surface area contributed by atoms with Crippen LogP contribution in [-0.2, 0) is 11.2 Å². The van der Waals surface area contributed by atoms with Gasteiger partial charge in [0.1, 0.15) is 5.75 Å². The largest absolute Gasteiger partial charge is 0.497 e. The number of methoxy groups -OCH3 is 1. The molecular formula is C18H21N3O2. The summed E-state index contributed by atoms with van der Waals surface area (Å²) in [7, 11) is 1.67. The summed E-state index contributed by atoms with van der Waals surface area (Å²) in [6.45, 7) is 3.19. The molecule has 1 aromatic heterocycles. The predicted molar refractivity (Wildman–Crippen MR) is 89.7 cm³/mol. The number of piperazine rings is 1. The molecule has 3 rings (SSSR count). The Kier molecular flexibility index (Phi) is 4.76. The number of carbonyl (C=O) groups excluding carboxylic acids is 1. The molecule has 0 bridgehead atoms. The van der Waals surface area contributed by atoms with E-state index in [-0.39, 0.29) is 5.91 Å². The van der Waals surface area contributed by atoms with Gasteiger partial charge in [-0.2, -0.15) is 0 Å². The highest BCUT2D eigenvalue weighted by Gasteiger charge is 2.21. The van der Waals surface area contributed by atoms with E-state index in [0.29, 0.717) is 6.42 Å². The summed E-state index contributed by atoms with van der Waals surface area (Å²) in [5.74, 6) is 1.01. The van der Waals surface area contributed by atoms with E-state index < -0.39 is 0 Å². The molecule has 0 spiro atoms. The van der Waals surface area contributed by atoms with Crippen LogP contribution in [0.1, 0.15) is 5.69 Å². The number of aromatic nitrogens is 1. The van der Waals surface area contributed by atoms with Crippen molar-refractivity contribution in [3.05, 3.63) is 54.4 Å². The van der Waals surface area contributed by atoms with Crippen LogP contribution in [0.3, 0.4) is 0 Å². The molecule has 2 heterocycles. The van der Waals surface area contributed by atoms with Gasteiger partial charge in [-0.15, -0.1) is 0 Å². The van der Waals surface area contributed by atoms with E-state index in [1.807, 2.05) is 35.2 Å². The average molecular weight is 311 g/mol.